The molecule has 0 spiro atoms. The first-order valence-corrected chi connectivity index (χ1v) is 7.99. The summed E-state index contributed by atoms with van der Waals surface area (Å²) in [6, 6.07) is 6.62. The van der Waals surface area contributed by atoms with Gasteiger partial charge in [0.05, 0.1) is 0 Å². The van der Waals surface area contributed by atoms with E-state index in [1.807, 2.05) is 12.2 Å². The molecule has 0 aromatic heterocycles. The molecule has 0 heterocycles. The minimum Gasteiger partial charge on any atom is -0.298 e. The van der Waals surface area contributed by atoms with E-state index in [1.54, 1.807) is 24.3 Å². The first kappa shape index (κ1) is 13.1. The molecule has 4 aliphatic rings. The van der Waals surface area contributed by atoms with Crippen LogP contribution in [0.4, 0.5) is 0 Å². The van der Waals surface area contributed by atoms with Crippen LogP contribution in [0.25, 0.3) is 0 Å². The SMILES string of the molecule is O=C1CCC(=O)[C@@]23C(=O)c4ccccc4C(=O)[C@]12[C@H]1C=C[C@H]3C1. The van der Waals surface area contributed by atoms with Gasteiger partial charge in [0.25, 0.3) is 0 Å². The summed E-state index contributed by atoms with van der Waals surface area (Å²) in [5.41, 5.74) is -2.35. The van der Waals surface area contributed by atoms with Crippen LogP contribution in [0.1, 0.15) is 40.0 Å². The Morgan fingerprint density at radius 3 is 1.61 bits per heavy atom. The molecule has 4 atom stereocenters. The maximum atomic E-state index is 13.4. The van der Waals surface area contributed by atoms with Gasteiger partial charge in [-0.3, -0.25) is 19.2 Å². The molecule has 1 aromatic rings. The van der Waals surface area contributed by atoms with Gasteiger partial charge in [0.1, 0.15) is 22.4 Å². The number of benzene rings is 1. The Balaban J connectivity index is 1.95. The summed E-state index contributed by atoms with van der Waals surface area (Å²) in [5.74, 6) is -1.73. The Bertz CT molecular complexity index is 795. The molecule has 114 valence electrons. The van der Waals surface area contributed by atoms with Crippen molar-refractivity contribution >= 4 is 23.1 Å². The Hall–Kier alpha value is -2.36. The van der Waals surface area contributed by atoms with Crippen molar-refractivity contribution in [2.75, 3.05) is 0 Å². The fourth-order valence-electron chi connectivity index (χ4n) is 5.65. The quantitative estimate of drug-likeness (QED) is 0.544. The van der Waals surface area contributed by atoms with Crippen LogP contribution in [0, 0.1) is 22.7 Å². The minimum atomic E-state index is -1.48. The highest BCUT2D eigenvalue weighted by Gasteiger charge is 2.80. The number of hydrogen-bond donors (Lipinski definition) is 0. The zero-order chi connectivity index (χ0) is 16.0. The van der Waals surface area contributed by atoms with Gasteiger partial charge in [0.2, 0.25) is 0 Å². The van der Waals surface area contributed by atoms with Crippen molar-refractivity contribution in [1.82, 2.24) is 0 Å². The predicted molar refractivity (Wildman–Crippen MR) is 80.0 cm³/mol. The van der Waals surface area contributed by atoms with Crippen molar-refractivity contribution in [3.05, 3.63) is 47.5 Å². The van der Waals surface area contributed by atoms with Gasteiger partial charge >= 0.3 is 0 Å². The number of fused-ring (bicyclic) bond motifs is 3. The molecule has 2 saturated carbocycles. The third kappa shape index (κ3) is 1.07. The highest BCUT2D eigenvalue weighted by molar-refractivity contribution is 6.35. The molecule has 1 aromatic carbocycles. The largest absolute Gasteiger partial charge is 0.298 e. The lowest BCUT2D eigenvalue weighted by Gasteiger charge is -2.52. The van der Waals surface area contributed by atoms with Crippen molar-refractivity contribution in [3.8, 4) is 0 Å². The number of carbonyl (C=O) groups is 4. The Kier molecular flexibility index (Phi) is 2.14. The van der Waals surface area contributed by atoms with E-state index in [0.717, 1.165) is 0 Å². The molecule has 2 bridgehead atoms. The van der Waals surface area contributed by atoms with E-state index in [2.05, 4.69) is 0 Å². The Morgan fingerprint density at radius 2 is 1.17 bits per heavy atom. The van der Waals surface area contributed by atoms with Crippen LogP contribution in [0.2, 0.25) is 0 Å². The second kappa shape index (κ2) is 3.75. The van der Waals surface area contributed by atoms with Crippen LogP contribution < -0.4 is 0 Å². The molecule has 0 saturated heterocycles. The van der Waals surface area contributed by atoms with E-state index in [-0.39, 0.29) is 47.8 Å². The molecule has 0 amide bonds. The zero-order valence-electron chi connectivity index (χ0n) is 12.4. The Labute approximate surface area is 132 Å². The number of hydrogen-bond acceptors (Lipinski definition) is 4. The van der Waals surface area contributed by atoms with Gasteiger partial charge in [-0.05, 0) is 18.3 Å². The number of carbonyl (C=O) groups excluding carboxylic acids is 4. The van der Waals surface area contributed by atoms with E-state index in [0.29, 0.717) is 17.5 Å². The summed E-state index contributed by atoms with van der Waals surface area (Å²) < 4.78 is 0. The van der Waals surface area contributed by atoms with Crippen LogP contribution in [0.15, 0.2) is 36.4 Å². The lowest BCUT2D eigenvalue weighted by atomic mass is 9.44. The molecule has 0 aliphatic heterocycles. The third-order valence-corrected chi connectivity index (χ3v) is 6.41. The summed E-state index contributed by atoms with van der Waals surface area (Å²) in [4.78, 5) is 52.7. The summed E-state index contributed by atoms with van der Waals surface area (Å²) in [5, 5.41) is 0. The first-order valence-electron chi connectivity index (χ1n) is 7.99. The van der Waals surface area contributed by atoms with Gasteiger partial charge in [-0.1, -0.05) is 36.4 Å². The summed E-state index contributed by atoms with van der Waals surface area (Å²) in [6.07, 6.45) is 4.43. The first-order chi connectivity index (χ1) is 11.1. The highest BCUT2D eigenvalue weighted by atomic mass is 16.2. The molecule has 0 radical (unpaired) electrons. The van der Waals surface area contributed by atoms with E-state index >= 15 is 0 Å². The van der Waals surface area contributed by atoms with Crippen molar-refractivity contribution in [2.24, 2.45) is 22.7 Å². The molecular weight excluding hydrogens is 292 g/mol. The van der Waals surface area contributed by atoms with Crippen molar-refractivity contribution < 1.29 is 19.2 Å². The van der Waals surface area contributed by atoms with Gasteiger partial charge < -0.3 is 0 Å². The van der Waals surface area contributed by atoms with Gasteiger partial charge in [0, 0.05) is 24.0 Å². The van der Waals surface area contributed by atoms with Crippen LogP contribution in [-0.4, -0.2) is 23.1 Å². The van der Waals surface area contributed by atoms with Gasteiger partial charge in [-0.2, -0.15) is 0 Å². The van der Waals surface area contributed by atoms with Crippen LogP contribution >= 0.6 is 0 Å². The minimum absolute atomic E-state index is 0.0683. The predicted octanol–water partition coefficient (Wildman–Crippen LogP) is 2.18. The maximum absolute atomic E-state index is 13.4. The second-order valence-corrected chi connectivity index (χ2v) is 7.00. The van der Waals surface area contributed by atoms with E-state index in [9.17, 15) is 19.2 Å². The molecule has 4 aliphatic carbocycles. The van der Waals surface area contributed by atoms with E-state index in [1.165, 1.54) is 0 Å². The topological polar surface area (TPSA) is 68.3 Å². The van der Waals surface area contributed by atoms with Gasteiger partial charge in [-0.15, -0.1) is 0 Å². The molecule has 23 heavy (non-hydrogen) atoms. The average Bonchev–Trinajstić information content (AvgIpc) is 3.16. The maximum Gasteiger partial charge on any atom is 0.179 e. The van der Waals surface area contributed by atoms with Crippen molar-refractivity contribution in [3.63, 3.8) is 0 Å². The zero-order valence-corrected chi connectivity index (χ0v) is 12.4. The molecule has 4 heteroatoms. The number of Topliss-reactive ketones (excluding diaryl/α,β-unsaturated/α-hetero) is 4. The van der Waals surface area contributed by atoms with Gasteiger partial charge in [0.15, 0.2) is 11.6 Å². The molecular formula is C19H14O4. The lowest BCUT2D eigenvalue weighted by Crippen LogP contribution is -2.67. The average molecular weight is 306 g/mol. The highest BCUT2D eigenvalue weighted by Crippen LogP contribution is 2.70. The smallest absolute Gasteiger partial charge is 0.179 e. The van der Waals surface area contributed by atoms with E-state index < -0.39 is 10.8 Å². The van der Waals surface area contributed by atoms with E-state index in [4.69, 9.17) is 0 Å². The van der Waals surface area contributed by atoms with Crippen molar-refractivity contribution in [2.45, 2.75) is 19.3 Å². The third-order valence-electron chi connectivity index (χ3n) is 6.41. The Morgan fingerprint density at radius 1 is 0.739 bits per heavy atom. The van der Waals surface area contributed by atoms with Crippen LogP contribution in [0.3, 0.4) is 0 Å². The summed E-state index contributed by atoms with van der Waals surface area (Å²) in [7, 11) is 0. The molecule has 4 nitrogen and oxygen atoms in total. The molecule has 2 fully saturated rings. The second-order valence-electron chi connectivity index (χ2n) is 7.00. The number of allylic oxidation sites excluding steroid dienone is 2. The van der Waals surface area contributed by atoms with Crippen LogP contribution in [0.5, 0.6) is 0 Å². The summed E-state index contributed by atoms with van der Waals surface area (Å²) >= 11 is 0. The number of rotatable bonds is 0. The van der Waals surface area contributed by atoms with Crippen molar-refractivity contribution in [1.29, 1.82) is 0 Å². The normalized spacial score (nSPS) is 40.2. The molecule has 0 N–H and O–H groups in total. The fraction of sp³-hybridized carbons (Fsp3) is 0.368. The monoisotopic (exact) mass is 306 g/mol. The summed E-state index contributed by atoms with van der Waals surface area (Å²) in [6.45, 7) is 0. The fourth-order valence-corrected chi connectivity index (χ4v) is 5.65. The standard InChI is InChI=1S/C19H14O4/c20-14-7-8-15(21)19-11-6-5-10(9-11)18(14,19)16(22)12-3-1-2-4-13(12)17(19)23/h1-6,10-11H,7-9H2/t10-,11-,18-,19-/m0/s1. The van der Waals surface area contributed by atoms with Gasteiger partial charge in [-0.25, -0.2) is 0 Å². The number of ketones is 4. The lowest BCUT2D eigenvalue weighted by molar-refractivity contribution is -0.149. The van der Waals surface area contributed by atoms with Crippen LogP contribution in [-0.2, 0) is 9.59 Å². The molecule has 0 unspecified atom stereocenters. The molecule has 5 rings (SSSR count).